The molecule has 0 heterocycles. The lowest BCUT2D eigenvalue weighted by Gasteiger charge is -1.92. The molecule has 0 spiro atoms. The molecule has 9 heavy (non-hydrogen) atoms. The third-order valence-corrected chi connectivity index (χ3v) is 0.726. The van der Waals surface area contributed by atoms with Gasteiger partial charge in [-0.1, -0.05) is 5.92 Å². The van der Waals surface area contributed by atoms with Crippen molar-refractivity contribution in [1.82, 2.24) is 0 Å². The van der Waals surface area contributed by atoms with Gasteiger partial charge in [-0.05, 0) is 6.92 Å². The maximum absolute atomic E-state index is 12.0. The van der Waals surface area contributed by atoms with E-state index in [2.05, 4.69) is 11.8 Å². The summed E-state index contributed by atoms with van der Waals surface area (Å²) in [6, 6.07) is 0. The molecule has 1 N–H and O–H groups in total. The van der Waals surface area contributed by atoms with Gasteiger partial charge in [0.15, 0.2) is 0 Å². The van der Waals surface area contributed by atoms with Gasteiger partial charge in [0.2, 0.25) is 6.17 Å². The number of carboxylic acids is 1. The number of alkyl halides is 1. The zero-order chi connectivity index (χ0) is 7.28. The molecular weight excluding hydrogens is 123 g/mol. The highest BCUT2D eigenvalue weighted by molar-refractivity contribution is 5.72. The summed E-state index contributed by atoms with van der Waals surface area (Å²) >= 11 is 0. The van der Waals surface area contributed by atoms with Gasteiger partial charge in [-0.2, -0.15) is 0 Å². The molecule has 0 bridgehead atoms. The Hall–Kier alpha value is -1.04. The minimum absolute atomic E-state index is 0.216. The van der Waals surface area contributed by atoms with E-state index in [9.17, 15) is 9.18 Å². The van der Waals surface area contributed by atoms with Gasteiger partial charge >= 0.3 is 5.97 Å². The van der Waals surface area contributed by atoms with Crippen LogP contribution in [-0.4, -0.2) is 17.2 Å². The lowest BCUT2D eigenvalue weighted by molar-refractivity contribution is -0.142. The van der Waals surface area contributed by atoms with Crippen LogP contribution in [0.25, 0.3) is 0 Å². The molecular formula is C6H7FO2. The predicted molar refractivity (Wildman–Crippen MR) is 30.6 cm³/mol. The summed E-state index contributed by atoms with van der Waals surface area (Å²) in [4.78, 5) is 9.76. The molecule has 3 heteroatoms. The van der Waals surface area contributed by atoms with Crippen molar-refractivity contribution in [2.24, 2.45) is 0 Å². The van der Waals surface area contributed by atoms with Crippen LogP contribution in [0.15, 0.2) is 0 Å². The second-order valence-electron chi connectivity index (χ2n) is 1.44. The van der Waals surface area contributed by atoms with Crippen molar-refractivity contribution in [2.45, 2.75) is 19.5 Å². The number of carbonyl (C=O) groups is 1. The Morgan fingerprint density at radius 1 is 1.89 bits per heavy atom. The Balaban J connectivity index is 3.59. The molecule has 50 valence electrons. The molecule has 1 atom stereocenters. The minimum Gasteiger partial charge on any atom is -0.479 e. The normalized spacial score (nSPS) is 11.3. The summed E-state index contributed by atoms with van der Waals surface area (Å²) in [6.07, 6.45) is -2.05. The van der Waals surface area contributed by atoms with Crippen molar-refractivity contribution >= 4 is 5.97 Å². The first-order chi connectivity index (χ1) is 4.18. The van der Waals surface area contributed by atoms with Crippen molar-refractivity contribution < 1.29 is 14.3 Å². The highest BCUT2D eigenvalue weighted by Crippen LogP contribution is 1.94. The number of halogens is 1. The largest absolute Gasteiger partial charge is 0.479 e. The van der Waals surface area contributed by atoms with Gasteiger partial charge in [0, 0.05) is 0 Å². The summed E-state index contributed by atoms with van der Waals surface area (Å²) in [5, 5.41) is 7.97. The van der Waals surface area contributed by atoms with Gasteiger partial charge in [-0.15, -0.1) is 5.92 Å². The zero-order valence-electron chi connectivity index (χ0n) is 5.02. The van der Waals surface area contributed by atoms with Crippen LogP contribution in [0, 0.1) is 11.8 Å². The van der Waals surface area contributed by atoms with Crippen LogP contribution in [-0.2, 0) is 4.79 Å². The van der Waals surface area contributed by atoms with Gasteiger partial charge in [0.1, 0.15) is 0 Å². The van der Waals surface area contributed by atoms with Crippen LogP contribution in [0.4, 0.5) is 4.39 Å². The van der Waals surface area contributed by atoms with E-state index >= 15 is 0 Å². The Morgan fingerprint density at radius 3 is 2.78 bits per heavy atom. The topological polar surface area (TPSA) is 37.3 Å². The Kier molecular flexibility index (Phi) is 3.45. The lowest BCUT2D eigenvalue weighted by Crippen LogP contribution is -2.12. The standard InChI is InChI=1S/C6H7FO2/c1-2-3-4-5(7)6(8)9/h5H,4H2,1H3,(H,8,9). The van der Waals surface area contributed by atoms with Crippen molar-refractivity contribution in [2.75, 3.05) is 0 Å². The first-order valence-corrected chi connectivity index (χ1v) is 2.45. The molecule has 0 amide bonds. The Labute approximate surface area is 52.7 Å². The van der Waals surface area contributed by atoms with Crippen molar-refractivity contribution in [3.05, 3.63) is 0 Å². The molecule has 0 aliphatic heterocycles. The first kappa shape index (κ1) is 7.96. The quantitative estimate of drug-likeness (QED) is 0.562. The second-order valence-corrected chi connectivity index (χ2v) is 1.44. The average Bonchev–Trinajstić information content (AvgIpc) is 1.82. The summed E-state index contributed by atoms with van der Waals surface area (Å²) < 4.78 is 12.0. The highest BCUT2D eigenvalue weighted by atomic mass is 19.1. The molecule has 0 aromatic heterocycles. The SMILES string of the molecule is CC#CCC(F)C(=O)O. The van der Waals surface area contributed by atoms with Gasteiger partial charge in [0.25, 0.3) is 0 Å². The zero-order valence-corrected chi connectivity index (χ0v) is 5.02. The predicted octanol–water partition coefficient (Wildman–Crippen LogP) is 0.823. The van der Waals surface area contributed by atoms with Crippen LogP contribution in [0.1, 0.15) is 13.3 Å². The van der Waals surface area contributed by atoms with E-state index in [0.29, 0.717) is 0 Å². The van der Waals surface area contributed by atoms with Crippen LogP contribution >= 0.6 is 0 Å². The first-order valence-electron chi connectivity index (χ1n) is 2.45. The van der Waals surface area contributed by atoms with E-state index < -0.39 is 12.1 Å². The van der Waals surface area contributed by atoms with Gasteiger partial charge in [-0.25, -0.2) is 9.18 Å². The molecule has 2 nitrogen and oxygen atoms in total. The third kappa shape index (κ3) is 3.53. The summed E-state index contributed by atoms with van der Waals surface area (Å²) in [5.41, 5.74) is 0. The van der Waals surface area contributed by atoms with E-state index in [1.807, 2.05) is 0 Å². The lowest BCUT2D eigenvalue weighted by atomic mass is 10.3. The van der Waals surface area contributed by atoms with Crippen LogP contribution in [0.2, 0.25) is 0 Å². The average molecular weight is 130 g/mol. The number of carboxylic acid groups (broad SMARTS) is 1. The summed E-state index contributed by atoms with van der Waals surface area (Å²) in [7, 11) is 0. The monoisotopic (exact) mass is 130 g/mol. The number of rotatable bonds is 2. The summed E-state index contributed by atoms with van der Waals surface area (Å²) in [5.74, 6) is 3.28. The summed E-state index contributed by atoms with van der Waals surface area (Å²) in [6.45, 7) is 1.54. The Morgan fingerprint density at radius 2 is 2.44 bits per heavy atom. The Bertz CT molecular complexity index is 154. The van der Waals surface area contributed by atoms with Crippen molar-refractivity contribution in [3.8, 4) is 11.8 Å². The molecule has 1 unspecified atom stereocenters. The van der Waals surface area contributed by atoms with Gasteiger partial charge in [-0.3, -0.25) is 0 Å². The van der Waals surface area contributed by atoms with E-state index in [0.717, 1.165) is 0 Å². The fraction of sp³-hybridized carbons (Fsp3) is 0.500. The highest BCUT2D eigenvalue weighted by Gasteiger charge is 2.12. The minimum atomic E-state index is -1.84. The van der Waals surface area contributed by atoms with Gasteiger partial charge in [0.05, 0.1) is 6.42 Å². The smallest absolute Gasteiger partial charge is 0.339 e. The molecule has 0 radical (unpaired) electrons. The fourth-order valence-electron chi connectivity index (χ4n) is 0.279. The third-order valence-electron chi connectivity index (χ3n) is 0.726. The van der Waals surface area contributed by atoms with Crippen molar-refractivity contribution in [1.29, 1.82) is 0 Å². The molecule has 0 saturated heterocycles. The molecule has 0 aliphatic rings. The molecule has 0 fully saturated rings. The fourth-order valence-corrected chi connectivity index (χ4v) is 0.279. The number of aliphatic carboxylic acids is 1. The van der Waals surface area contributed by atoms with E-state index in [-0.39, 0.29) is 6.42 Å². The second kappa shape index (κ2) is 3.90. The van der Waals surface area contributed by atoms with E-state index in [4.69, 9.17) is 5.11 Å². The maximum atomic E-state index is 12.0. The van der Waals surface area contributed by atoms with E-state index in [1.165, 1.54) is 6.92 Å². The number of hydrogen-bond donors (Lipinski definition) is 1. The molecule has 0 rings (SSSR count). The molecule has 0 aliphatic carbocycles. The van der Waals surface area contributed by atoms with Crippen molar-refractivity contribution in [3.63, 3.8) is 0 Å². The molecule has 0 aromatic carbocycles. The molecule has 0 aromatic rings. The number of hydrogen-bond acceptors (Lipinski definition) is 1. The van der Waals surface area contributed by atoms with Crippen LogP contribution in [0.5, 0.6) is 0 Å². The molecule has 0 saturated carbocycles. The van der Waals surface area contributed by atoms with E-state index in [1.54, 1.807) is 0 Å². The van der Waals surface area contributed by atoms with Gasteiger partial charge < -0.3 is 5.11 Å². The van der Waals surface area contributed by atoms with Crippen LogP contribution < -0.4 is 0 Å². The van der Waals surface area contributed by atoms with Crippen LogP contribution in [0.3, 0.4) is 0 Å². The maximum Gasteiger partial charge on any atom is 0.339 e.